The molecule has 23 heavy (non-hydrogen) atoms. The Morgan fingerprint density at radius 2 is 2.17 bits per heavy atom. The molecular formula is C17H28N2O3S. The minimum absolute atomic E-state index is 0.201. The van der Waals surface area contributed by atoms with E-state index in [0.717, 1.165) is 49.9 Å². The van der Waals surface area contributed by atoms with E-state index in [2.05, 4.69) is 11.6 Å². The molecule has 6 heteroatoms. The Morgan fingerprint density at radius 1 is 1.43 bits per heavy atom. The van der Waals surface area contributed by atoms with Crippen molar-refractivity contribution < 1.29 is 13.9 Å². The van der Waals surface area contributed by atoms with Crippen LogP contribution in [0.3, 0.4) is 0 Å². The lowest BCUT2D eigenvalue weighted by Crippen LogP contribution is -2.36. The van der Waals surface area contributed by atoms with Gasteiger partial charge in [0.15, 0.2) is 0 Å². The first-order valence-electron chi connectivity index (χ1n) is 8.12. The van der Waals surface area contributed by atoms with Gasteiger partial charge in [0.05, 0.1) is 12.3 Å². The lowest BCUT2D eigenvalue weighted by molar-refractivity contribution is 0.0288. The van der Waals surface area contributed by atoms with Crippen LogP contribution in [0.25, 0.3) is 0 Å². The van der Waals surface area contributed by atoms with Crippen LogP contribution in [0.5, 0.6) is 0 Å². The van der Waals surface area contributed by atoms with Crippen LogP contribution in [0.15, 0.2) is 16.5 Å². The summed E-state index contributed by atoms with van der Waals surface area (Å²) in [6.07, 6.45) is 2.88. The molecule has 1 aromatic heterocycles. The number of ether oxygens (including phenoxy) is 1. The summed E-state index contributed by atoms with van der Waals surface area (Å²) in [5.41, 5.74) is -0.429. The third kappa shape index (κ3) is 6.11. The number of thioether (sulfide) groups is 1. The first-order valence-corrected chi connectivity index (χ1v) is 9.52. The van der Waals surface area contributed by atoms with Gasteiger partial charge in [0.25, 0.3) is 0 Å². The van der Waals surface area contributed by atoms with Crippen molar-refractivity contribution in [3.05, 3.63) is 23.7 Å². The van der Waals surface area contributed by atoms with Crippen molar-refractivity contribution in [2.24, 2.45) is 5.92 Å². The maximum absolute atomic E-state index is 12.0. The molecule has 1 aliphatic heterocycles. The first kappa shape index (κ1) is 18.2. The molecule has 130 valence electrons. The highest BCUT2D eigenvalue weighted by Gasteiger charge is 2.29. The third-order valence-corrected chi connectivity index (χ3v) is 4.25. The lowest BCUT2D eigenvalue weighted by Gasteiger charge is -2.24. The largest absolute Gasteiger partial charge is 0.464 e. The van der Waals surface area contributed by atoms with Crippen LogP contribution >= 0.6 is 11.8 Å². The van der Waals surface area contributed by atoms with E-state index in [9.17, 15) is 4.79 Å². The molecule has 0 radical (unpaired) electrons. The highest BCUT2D eigenvalue weighted by atomic mass is 32.2. The van der Waals surface area contributed by atoms with Gasteiger partial charge in [-0.3, -0.25) is 0 Å². The molecule has 1 aromatic rings. The highest BCUT2D eigenvalue weighted by Crippen LogP contribution is 2.19. The topological polar surface area (TPSA) is 54.7 Å². The molecule has 2 heterocycles. The van der Waals surface area contributed by atoms with Crippen molar-refractivity contribution >= 4 is 17.9 Å². The average Bonchev–Trinajstić information content (AvgIpc) is 3.07. The molecule has 0 saturated carbocycles. The van der Waals surface area contributed by atoms with Crippen molar-refractivity contribution in [2.45, 2.75) is 45.1 Å². The minimum atomic E-state index is -0.429. The zero-order chi connectivity index (χ0) is 16.9. The molecule has 1 saturated heterocycles. The van der Waals surface area contributed by atoms with Crippen LogP contribution in [0, 0.1) is 5.92 Å². The van der Waals surface area contributed by atoms with Crippen LogP contribution in [0.1, 0.15) is 38.7 Å². The number of nitrogens with zero attached hydrogens (tertiary/aromatic N) is 1. The van der Waals surface area contributed by atoms with Gasteiger partial charge in [-0.15, -0.1) is 0 Å². The molecule has 1 unspecified atom stereocenters. The van der Waals surface area contributed by atoms with Gasteiger partial charge < -0.3 is 19.4 Å². The van der Waals surface area contributed by atoms with Crippen LogP contribution in [0.4, 0.5) is 4.79 Å². The van der Waals surface area contributed by atoms with Crippen LogP contribution in [-0.2, 0) is 17.0 Å². The number of carbonyl (C=O) groups excluding carboxylic acids is 1. The van der Waals surface area contributed by atoms with E-state index in [1.54, 1.807) is 16.7 Å². The maximum atomic E-state index is 12.0. The zero-order valence-corrected chi connectivity index (χ0v) is 15.4. The van der Waals surface area contributed by atoms with E-state index in [-0.39, 0.29) is 6.09 Å². The second-order valence-corrected chi connectivity index (χ2v) is 7.88. The summed E-state index contributed by atoms with van der Waals surface area (Å²) in [6.45, 7) is 8.85. The summed E-state index contributed by atoms with van der Waals surface area (Å²) in [5.74, 6) is 3.37. The molecule has 0 bridgehead atoms. The predicted octanol–water partition coefficient (Wildman–Crippen LogP) is 3.49. The quantitative estimate of drug-likeness (QED) is 0.859. The van der Waals surface area contributed by atoms with Gasteiger partial charge in [0, 0.05) is 19.6 Å². The van der Waals surface area contributed by atoms with E-state index in [1.165, 1.54) is 0 Å². The number of rotatable bonds is 6. The summed E-state index contributed by atoms with van der Waals surface area (Å²) >= 11 is 1.76. The van der Waals surface area contributed by atoms with Gasteiger partial charge in [-0.25, -0.2) is 4.79 Å². The van der Waals surface area contributed by atoms with E-state index >= 15 is 0 Å². The summed E-state index contributed by atoms with van der Waals surface area (Å²) in [4.78, 5) is 13.8. The van der Waals surface area contributed by atoms with Gasteiger partial charge >= 0.3 is 6.09 Å². The van der Waals surface area contributed by atoms with Gasteiger partial charge in [0.2, 0.25) is 0 Å². The monoisotopic (exact) mass is 340 g/mol. The molecule has 2 rings (SSSR count). The molecule has 1 N–H and O–H groups in total. The Bertz CT molecular complexity index is 510. The van der Waals surface area contributed by atoms with Crippen molar-refractivity contribution in [1.82, 2.24) is 10.2 Å². The SMILES string of the molecule is CSCc1ccc(CNCC2CCN(C(=O)OC(C)(C)C)C2)o1. The average molecular weight is 340 g/mol. The Kier molecular flexibility index (Phi) is 6.41. The fourth-order valence-corrected chi connectivity index (χ4v) is 3.07. The number of amides is 1. The molecule has 0 aliphatic carbocycles. The fourth-order valence-electron chi connectivity index (χ4n) is 2.63. The van der Waals surface area contributed by atoms with Crippen molar-refractivity contribution in [3.8, 4) is 0 Å². The molecule has 1 aliphatic rings. The molecule has 1 amide bonds. The number of carbonyl (C=O) groups is 1. The summed E-state index contributed by atoms with van der Waals surface area (Å²) in [5, 5.41) is 3.43. The Morgan fingerprint density at radius 3 is 2.87 bits per heavy atom. The molecule has 5 nitrogen and oxygen atoms in total. The molecule has 1 fully saturated rings. The van der Waals surface area contributed by atoms with E-state index in [0.29, 0.717) is 5.92 Å². The number of furan rings is 1. The Balaban J connectivity index is 1.68. The molecular weight excluding hydrogens is 312 g/mol. The highest BCUT2D eigenvalue weighted by molar-refractivity contribution is 7.97. The normalized spacial score (nSPS) is 18.4. The van der Waals surface area contributed by atoms with Gasteiger partial charge in [-0.05, 0) is 51.5 Å². The van der Waals surface area contributed by atoms with E-state index < -0.39 is 5.60 Å². The summed E-state index contributed by atoms with van der Waals surface area (Å²) in [7, 11) is 0. The Labute approximate surface area is 143 Å². The number of nitrogens with one attached hydrogen (secondary N) is 1. The van der Waals surface area contributed by atoms with Crippen LogP contribution < -0.4 is 5.32 Å². The van der Waals surface area contributed by atoms with Crippen LogP contribution in [-0.4, -0.2) is 42.5 Å². The number of likely N-dealkylation sites (tertiary alicyclic amines) is 1. The van der Waals surface area contributed by atoms with Crippen molar-refractivity contribution in [3.63, 3.8) is 0 Å². The maximum Gasteiger partial charge on any atom is 0.410 e. The second kappa shape index (κ2) is 8.11. The number of hydrogen-bond donors (Lipinski definition) is 1. The summed E-state index contributed by atoms with van der Waals surface area (Å²) in [6, 6.07) is 4.06. The van der Waals surface area contributed by atoms with E-state index in [4.69, 9.17) is 9.15 Å². The minimum Gasteiger partial charge on any atom is -0.464 e. The lowest BCUT2D eigenvalue weighted by atomic mass is 10.1. The smallest absolute Gasteiger partial charge is 0.410 e. The summed E-state index contributed by atoms with van der Waals surface area (Å²) < 4.78 is 11.2. The standard InChI is InChI=1S/C17H28N2O3S/c1-17(2,3)22-16(20)19-8-7-13(11-19)9-18-10-14-5-6-15(21-14)12-23-4/h5-6,13,18H,7-12H2,1-4H3. The van der Waals surface area contributed by atoms with Crippen LogP contribution in [0.2, 0.25) is 0 Å². The molecule has 0 spiro atoms. The third-order valence-electron chi connectivity index (χ3n) is 3.67. The number of hydrogen-bond acceptors (Lipinski definition) is 5. The van der Waals surface area contributed by atoms with Gasteiger partial charge in [0.1, 0.15) is 17.1 Å². The second-order valence-electron chi connectivity index (χ2n) is 7.01. The fraction of sp³-hybridized carbons (Fsp3) is 0.706. The zero-order valence-electron chi connectivity index (χ0n) is 14.6. The Hall–Kier alpha value is -1.14. The molecule has 0 aromatic carbocycles. The first-order chi connectivity index (χ1) is 10.9. The predicted molar refractivity (Wildman–Crippen MR) is 93.5 cm³/mol. The molecule has 1 atom stereocenters. The van der Waals surface area contributed by atoms with E-state index in [1.807, 2.05) is 32.9 Å². The van der Waals surface area contributed by atoms with Gasteiger partial charge in [-0.2, -0.15) is 11.8 Å². The van der Waals surface area contributed by atoms with Crippen molar-refractivity contribution in [2.75, 3.05) is 25.9 Å². The van der Waals surface area contributed by atoms with Crippen molar-refractivity contribution in [1.29, 1.82) is 0 Å². The van der Waals surface area contributed by atoms with Gasteiger partial charge in [-0.1, -0.05) is 0 Å².